The maximum absolute atomic E-state index is 16.0. The molecule has 0 unspecified atom stereocenters. The molecular formula is C48H35BF6N2O. The molecule has 288 valence electrons. The van der Waals surface area contributed by atoms with Crippen LogP contribution in [0.5, 0.6) is 11.5 Å². The Labute approximate surface area is 332 Å². The largest absolute Gasteiger partial charge is 0.458 e. The summed E-state index contributed by atoms with van der Waals surface area (Å²) in [6.07, 6.45) is 9.18. The molecule has 2 fully saturated rings. The molecule has 6 aromatic rings. The minimum atomic E-state index is -1.40. The number of rotatable bonds is 4. The number of anilines is 6. The number of halogens is 6. The van der Waals surface area contributed by atoms with Crippen molar-refractivity contribution in [2.75, 3.05) is 9.80 Å². The quantitative estimate of drug-likeness (QED) is 0.131. The monoisotopic (exact) mass is 780 g/mol. The van der Waals surface area contributed by atoms with Gasteiger partial charge in [0.25, 0.3) is 6.71 Å². The molecule has 0 spiro atoms. The van der Waals surface area contributed by atoms with E-state index < -0.39 is 46.3 Å². The molecule has 58 heavy (non-hydrogen) atoms. The van der Waals surface area contributed by atoms with Gasteiger partial charge in [0, 0.05) is 47.4 Å². The van der Waals surface area contributed by atoms with Crippen LogP contribution in [0.15, 0.2) is 91.0 Å². The zero-order valence-corrected chi connectivity index (χ0v) is 31.3. The molecule has 8 aliphatic rings. The summed E-state index contributed by atoms with van der Waals surface area (Å²) in [5, 5.41) is 0. The molecule has 6 aromatic carbocycles. The molecule has 6 aliphatic carbocycles. The number of fused-ring (bicyclic) bond motifs is 8. The topological polar surface area (TPSA) is 15.7 Å². The van der Waals surface area contributed by atoms with Crippen LogP contribution >= 0.6 is 0 Å². The predicted octanol–water partition coefficient (Wildman–Crippen LogP) is 11.9. The van der Waals surface area contributed by atoms with Crippen LogP contribution in [0.25, 0.3) is 0 Å². The van der Waals surface area contributed by atoms with Gasteiger partial charge in [0.15, 0.2) is 23.3 Å². The standard InChI is InChI=1S/C48H35BF6N2O/c50-28-15-38(52)47(39(53)16-28)57(48-40(54)17-29(51)18-41(48)55)31-20-43-46-45(21-31)58-44-4-2-1-3-36(44)49(46)37-22-34-26-9-11-27(12-10-26)35(34)23-42(37)56(43)30-13-14-32-24-5-7-25(8-6-24)33(32)19-30/h1-4,13-27H,5-12H2. The van der Waals surface area contributed by atoms with Crippen molar-refractivity contribution in [1.29, 1.82) is 0 Å². The van der Waals surface area contributed by atoms with Crippen LogP contribution in [0.2, 0.25) is 0 Å². The van der Waals surface area contributed by atoms with Crippen LogP contribution in [0.3, 0.4) is 0 Å². The molecule has 0 N–H and O–H groups in total. The lowest BCUT2D eigenvalue weighted by molar-refractivity contribution is 0.359. The highest BCUT2D eigenvalue weighted by molar-refractivity contribution is 6.99. The molecule has 0 radical (unpaired) electrons. The van der Waals surface area contributed by atoms with Crippen molar-refractivity contribution < 1.29 is 31.1 Å². The first-order valence-electron chi connectivity index (χ1n) is 20.4. The predicted molar refractivity (Wildman–Crippen MR) is 215 cm³/mol. The fraction of sp³-hybridized carbons (Fsp3) is 0.250. The molecule has 2 heterocycles. The zero-order chi connectivity index (χ0) is 39.1. The van der Waals surface area contributed by atoms with E-state index in [0.717, 1.165) is 71.2 Å². The molecule has 3 nitrogen and oxygen atoms in total. The molecule has 14 rings (SSSR count). The van der Waals surface area contributed by atoms with Gasteiger partial charge in [0.2, 0.25) is 0 Å². The SMILES string of the molecule is Fc1cc(F)c(N(c2cc3c4c(c2)N(c2ccc5c(c2)C2CCC5CC2)c2cc5c(cc2B4c2ccccc2O3)C2CCC5CC2)c2c(F)cc(F)cc2F)c(F)c1. The van der Waals surface area contributed by atoms with Crippen LogP contribution in [0, 0.1) is 34.9 Å². The van der Waals surface area contributed by atoms with Crippen LogP contribution in [0.4, 0.5) is 60.5 Å². The van der Waals surface area contributed by atoms with E-state index in [9.17, 15) is 8.78 Å². The van der Waals surface area contributed by atoms with Gasteiger partial charge in [-0.15, -0.1) is 0 Å². The molecule has 2 aliphatic heterocycles. The summed E-state index contributed by atoms with van der Waals surface area (Å²) in [5.41, 5.74) is 8.88. The van der Waals surface area contributed by atoms with Gasteiger partial charge >= 0.3 is 0 Å². The fourth-order valence-corrected chi connectivity index (χ4v) is 11.6. The van der Waals surface area contributed by atoms with Gasteiger partial charge in [-0.05, 0) is 144 Å². The van der Waals surface area contributed by atoms with E-state index in [4.69, 9.17) is 4.74 Å². The first-order valence-corrected chi connectivity index (χ1v) is 20.4. The van der Waals surface area contributed by atoms with Gasteiger partial charge < -0.3 is 9.64 Å². The average molecular weight is 781 g/mol. The summed E-state index contributed by atoms with van der Waals surface area (Å²) in [6, 6.07) is 24.2. The summed E-state index contributed by atoms with van der Waals surface area (Å²) in [4.78, 5) is 2.92. The molecular weight excluding hydrogens is 745 g/mol. The first-order chi connectivity index (χ1) is 28.2. The number of ether oxygens (including phenoxy) is 1. The van der Waals surface area contributed by atoms with Gasteiger partial charge in [-0.1, -0.05) is 30.3 Å². The third kappa shape index (κ3) is 4.89. The van der Waals surface area contributed by atoms with Crippen molar-refractivity contribution in [3.63, 3.8) is 0 Å². The van der Waals surface area contributed by atoms with Crippen LogP contribution < -0.4 is 30.9 Å². The van der Waals surface area contributed by atoms with E-state index in [2.05, 4.69) is 41.3 Å². The second kappa shape index (κ2) is 12.4. The Morgan fingerprint density at radius 3 is 1.64 bits per heavy atom. The normalized spacial score (nSPS) is 21.5. The Hall–Kier alpha value is -5.64. The van der Waals surface area contributed by atoms with Gasteiger partial charge in [0.05, 0.1) is 5.69 Å². The summed E-state index contributed by atoms with van der Waals surface area (Å²) >= 11 is 0. The van der Waals surface area contributed by atoms with E-state index in [1.807, 2.05) is 18.2 Å². The molecule has 0 atom stereocenters. The third-order valence-corrected chi connectivity index (χ3v) is 14.1. The Morgan fingerprint density at radius 1 is 0.500 bits per heavy atom. The number of benzene rings is 6. The number of para-hydroxylation sites is 1. The zero-order valence-electron chi connectivity index (χ0n) is 31.3. The van der Waals surface area contributed by atoms with Crippen LogP contribution in [0.1, 0.15) is 97.3 Å². The second-order valence-electron chi connectivity index (χ2n) is 17.0. The van der Waals surface area contributed by atoms with Crippen LogP contribution in [-0.2, 0) is 0 Å². The van der Waals surface area contributed by atoms with E-state index in [1.54, 1.807) is 6.07 Å². The molecule has 0 saturated heterocycles. The summed E-state index contributed by atoms with van der Waals surface area (Å²) < 4.78 is 99.5. The van der Waals surface area contributed by atoms with E-state index >= 15 is 17.6 Å². The number of hydrogen-bond donors (Lipinski definition) is 0. The molecule has 4 bridgehead atoms. The Kier molecular flexibility index (Phi) is 7.38. The highest BCUT2D eigenvalue weighted by Gasteiger charge is 2.45. The average Bonchev–Trinajstić information content (AvgIpc) is 3.22. The fourth-order valence-electron chi connectivity index (χ4n) is 11.6. The van der Waals surface area contributed by atoms with Crippen molar-refractivity contribution in [1.82, 2.24) is 0 Å². The number of nitrogens with zero attached hydrogens (tertiary/aromatic N) is 2. The lowest BCUT2D eigenvalue weighted by Gasteiger charge is -2.45. The van der Waals surface area contributed by atoms with Gasteiger partial charge in [-0.2, -0.15) is 0 Å². The maximum atomic E-state index is 16.0. The Bertz CT molecular complexity index is 2650. The van der Waals surface area contributed by atoms with E-state index in [-0.39, 0.29) is 12.4 Å². The molecule has 0 amide bonds. The minimum Gasteiger partial charge on any atom is -0.458 e. The molecule has 2 saturated carbocycles. The summed E-state index contributed by atoms with van der Waals surface area (Å²) in [6.45, 7) is -0.304. The van der Waals surface area contributed by atoms with E-state index in [0.29, 0.717) is 65.1 Å². The maximum Gasteiger partial charge on any atom is 0.256 e. The first kappa shape index (κ1) is 34.4. The third-order valence-electron chi connectivity index (χ3n) is 14.1. The van der Waals surface area contributed by atoms with Crippen molar-refractivity contribution in [3.8, 4) is 11.5 Å². The Balaban J connectivity index is 1.17. The molecule has 10 heteroatoms. The van der Waals surface area contributed by atoms with Gasteiger partial charge in [-0.3, -0.25) is 4.90 Å². The van der Waals surface area contributed by atoms with Gasteiger partial charge in [-0.25, -0.2) is 26.3 Å². The highest BCUT2D eigenvalue weighted by Crippen LogP contribution is 2.55. The van der Waals surface area contributed by atoms with Crippen molar-refractivity contribution >= 4 is 57.2 Å². The Morgan fingerprint density at radius 2 is 1.03 bits per heavy atom. The van der Waals surface area contributed by atoms with Crippen LogP contribution in [-0.4, -0.2) is 6.71 Å². The smallest absolute Gasteiger partial charge is 0.256 e. The van der Waals surface area contributed by atoms with Gasteiger partial charge in [0.1, 0.15) is 34.5 Å². The summed E-state index contributed by atoms with van der Waals surface area (Å²) in [7, 11) is 0. The second-order valence-corrected chi connectivity index (χ2v) is 17.0. The number of hydrogen-bond acceptors (Lipinski definition) is 3. The highest BCUT2D eigenvalue weighted by atomic mass is 19.2. The van der Waals surface area contributed by atoms with Crippen molar-refractivity contribution in [2.24, 2.45) is 0 Å². The van der Waals surface area contributed by atoms with E-state index in [1.165, 1.54) is 41.2 Å². The minimum absolute atomic E-state index is 0.0665. The summed E-state index contributed by atoms with van der Waals surface area (Å²) in [5.74, 6) is -5.22. The lowest BCUT2D eigenvalue weighted by atomic mass is 9.34. The lowest BCUT2D eigenvalue weighted by Crippen LogP contribution is -2.59. The van der Waals surface area contributed by atoms with Crippen molar-refractivity contribution in [3.05, 3.63) is 148 Å². The van der Waals surface area contributed by atoms with Crippen molar-refractivity contribution in [2.45, 2.75) is 75.0 Å². The molecule has 0 aromatic heterocycles.